The smallest absolute Gasteiger partial charge is 0.255 e. The Kier molecular flexibility index (Phi) is 5.79. The summed E-state index contributed by atoms with van der Waals surface area (Å²) >= 11 is 12.2. The van der Waals surface area contributed by atoms with Crippen LogP contribution in [0.5, 0.6) is 0 Å². The summed E-state index contributed by atoms with van der Waals surface area (Å²) in [7, 11) is 0. The molecular weight excluding hydrogens is 443 g/mol. The van der Waals surface area contributed by atoms with E-state index in [0.29, 0.717) is 29.0 Å². The van der Waals surface area contributed by atoms with Gasteiger partial charge < -0.3 is 4.98 Å². The Morgan fingerprint density at radius 2 is 1.75 bits per heavy atom. The summed E-state index contributed by atoms with van der Waals surface area (Å²) in [6, 6.07) is 19.1. The topological polar surface area (TPSA) is 61.9 Å². The number of hydrogen-bond donors (Lipinski definition) is 1. The Hall–Kier alpha value is -2.99. The zero-order valence-corrected chi connectivity index (χ0v) is 18.7. The lowest BCUT2D eigenvalue weighted by Gasteiger charge is -2.27. The average Bonchev–Trinajstić information content (AvgIpc) is 2.80. The molecule has 0 saturated carbocycles. The van der Waals surface area contributed by atoms with Gasteiger partial charge in [0.1, 0.15) is 5.82 Å². The molecule has 0 spiro atoms. The van der Waals surface area contributed by atoms with Gasteiger partial charge in [-0.25, -0.2) is 4.98 Å². The van der Waals surface area contributed by atoms with Crippen molar-refractivity contribution in [2.24, 2.45) is 0 Å². The SMILES string of the molecule is O=c1[nH]c(-c2ccccc2)nc2c1CN(Cc1ccc(-c3cc(Cl)cc(Cl)c3)nc1)CC2. The van der Waals surface area contributed by atoms with Crippen LogP contribution in [0.15, 0.2) is 71.7 Å². The maximum Gasteiger partial charge on any atom is 0.255 e. The summed E-state index contributed by atoms with van der Waals surface area (Å²) in [5.41, 5.74) is 5.26. The number of nitrogens with zero attached hydrogens (tertiary/aromatic N) is 3. The zero-order chi connectivity index (χ0) is 22.1. The molecule has 2 aromatic heterocycles. The number of pyridine rings is 1. The van der Waals surface area contributed by atoms with E-state index in [1.807, 2.05) is 60.8 Å². The van der Waals surface area contributed by atoms with Crippen molar-refractivity contribution in [3.63, 3.8) is 0 Å². The number of nitrogens with one attached hydrogen (secondary N) is 1. The van der Waals surface area contributed by atoms with Gasteiger partial charge in [0.15, 0.2) is 0 Å². The molecule has 32 heavy (non-hydrogen) atoms. The third kappa shape index (κ3) is 4.46. The van der Waals surface area contributed by atoms with Crippen molar-refractivity contribution < 1.29 is 0 Å². The number of fused-ring (bicyclic) bond motifs is 1. The summed E-state index contributed by atoms with van der Waals surface area (Å²) in [4.78, 5) is 27.3. The molecule has 0 atom stereocenters. The molecule has 1 aliphatic rings. The Balaban J connectivity index is 1.32. The number of H-pyrrole nitrogens is 1. The van der Waals surface area contributed by atoms with Crippen LogP contribution in [-0.4, -0.2) is 26.4 Å². The van der Waals surface area contributed by atoms with Gasteiger partial charge in [-0.05, 0) is 29.8 Å². The first-order valence-corrected chi connectivity index (χ1v) is 11.1. The molecule has 1 N–H and O–H groups in total. The van der Waals surface area contributed by atoms with Crippen LogP contribution < -0.4 is 5.56 Å². The lowest BCUT2D eigenvalue weighted by atomic mass is 10.1. The normalized spacial score (nSPS) is 13.7. The second-order valence-corrected chi connectivity index (χ2v) is 8.75. The van der Waals surface area contributed by atoms with E-state index in [9.17, 15) is 4.79 Å². The zero-order valence-electron chi connectivity index (χ0n) is 17.2. The molecular formula is C25H20Cl2N4O. The summed E-state index contributed by atoms with van der Waals surface area (Å²) in [6.45, 7) is 2.12. The molecule has 7 heteroatoms. The molecule has 5 rings (SSSR count). The van der Waals surface area contributed by atoms with Gasteiger partial charge in [-0.2, -0.15) is 0 Å². The monoisotopic (exact) mass is 462 g/mol. The number of benzene rings is 2. The molecule has 0 radical (unpaired) electrons. The second kappa shape index (κ2) is 8.87. The molecule has 3 heterocycles. The minimum absolute atomic E-state index is 0.0649. The van der Waals surface area contributed by atoms with E-state index in [-0.39, 0.29) is 5.56 Å². The first-order valence-electron chi connectivity index (χ1n) is 10.4. The molecule has 0 fully saturated rings. The Labute approximate surface area is 195 Å². The third-order valence-electron chi connectivity index (χ3n) is 5.58. The molecule has 0 saturated heterocycles. The number of hydrogen-bond acceptors (Lipinski definition) is 4. The van der Waals surface area contributed by atoms with Crippen LogP contribution in [0.3, 0.4) is 0 Å². The van der Waals surface area contributed by atoms with Crippen LogP contribution >= 0.6 is 23.2 Å². The molecule has 1 aliphatic heterocycles. The highest BCUT2D eigenvalue weighted by Crippen LogP contribution is 2.26. The Bertz CT molecular complexity index is 1300. The number of rotatable bonds is 4. The maximum absolute atomic E-state index is 12.8. The molecule has 160 valence electrons. The van der Waals surface area contributed by atoms with Gasteiger partial charge in [-0.15, -0.1) is 0 Å². The first kappa shape index (κ1) is 20.9. The Morgan fingerprint density at radius 1 is 0.969 bits per heavy atom. The quantitative estimate of drug-likeness (QED) is 0.443. The van der Waals surface area contributed by atoms with Crippen molar-refractivity contribution >= 4 is 23.2 Å². The molecule has 0 bridgehead atoms. The number of aromatic amines is 1. The second-order valence-electron chi connectivity index (χ2n) is 7.88. The first-order chi connectivity index (χ1) is 15.5. The van der Waals surface area contributed by atoms with Gasteiger partial charge >= 0.3 is 0 Å². The van der Waals surface area contributed by atoms with Crippen LogP contribution in [-0.2, 0) is 19.5 Å². The lowest BCUT2D eigenvalue weighted by Crippen LogP contribution is -2.35. The predicted molar refractivity (Wildman–Crippen MR) is 128 cm³/mol. The lowest BCUT2D eigenvalue weighted by molar-refractivity contribution is 0.241. The highest BCUT2D eigenvalue weighted by atomic mass is 35.5. The molecule has 4 aromatic rings. The van der Waals surface area contributed by atoms with Crippen LogP contribution in [0, 0.1) is 0 Å². The molecule has 0 unspecified atom stereocenters. The Morgan fingerprint density at radius 3 is 2.47 bits per heavy atom. The largest absolute Gasteiger partial charge is 0.306 e. The fourth-order valence-electron chi connectivity index (χ4n) is 4.00. The van der Waals surface area contributed by atoms with E-state index in [1.54, 1.807) is 6.07 Å². The minimum atomic E-state index is -0.0649. The van der Waals surface area contributed by atoms with E-state index in [2.05, 4.69) is 14.9 Å². The van der Waals surface area contributed by atoms with Crippen LogP contribution in [0.1, 0.15) is 16.8 Å². The van der Waals surface area contributed by atoms with E-state index >= 15 is 0 Å². The van der Waals surface area contributed by atoms with Crippen LogP contribution in [0.4, 0.5) is 0 Å². The van der Waals surface area contributed by atoms with Crippen molar-refractivity contribution in [1.29, 1.82) is 0 Å². The summed E-state index contributed by atoms with van der Waals surface area (Å²) in [5.74, 6) is 0.628. The molecule has 5 nitrogen and oxygen atoms in total. The third-order valence-corrected chi connectivity index (χ3v) is 6.02. The van der Waals surface area contributed by atoms with Gasteiger partial charge in [-0.3, -0.25) is 14.7 Å². The van der Waals surface area contributed by atoms with Gasteiger partial charge in [0, 0.05) is 53.4 Å². The number of aromatic nitrogens is 3. The van der Waals surface area contributed by atoms with E-state index in [0.717, 1.165) is 46.6 Å². The van der Waals surface area contributed by atoms with Crippen molar-refractivity contribution in [2.45, 2.75) is 19.5 Å². The standard InChI is InChI=1S/C25H20Cl2N4O/c26-19-10-18(11-20(27)12-19)22-7-6-16(13-28-22)14-31-9-8-23-21(15-31)25(32)30-24(29-23)17-4-2-1-3-5-17/h1-7,10-13H,8-9,14-15H2,(H,29,30,32). The average molecular weight is 463 g/mol. The van der Waals surface area contributed by atoms with Crippen LogP contribution in [0.25, 0.3) is 22.6 Å². The van der Waals surface area contributed by atoms with Gasteiger partial charge in [-0.1, -0.05) is 59.6 Å². The summed E-state index contributed by atoms with van der Waals surface area (Å²) in [6.07, 6.45) is 2.60. The molecule has 2 aromatic carbocycles. The van der Waals surface area contributed by atoms with Crippen molar-refractivity contribution in [3.05, 3.63) is 104 Å². The van der Waals surface area contributed by atoms with Crippen LogP contribution in [0.2, 0.25) is 10.0 Å². The summed E-state index contributed by atoms with van der Waals surface area (Å²) < 4.78 is 0. The van der Waals surface area contributed by atoms with Crippen molar-refractivity contribution in [2.75, 3.05) is 6.54 Å². The van der Waals surface area contributed by atoms with E-state index in [1.165, 1.54) is 0 Å². The predicted octanol–water partition coefficient (Wildman–Crippen LogP) is 5.36. The van der Waals surface area contributed by atoms with E-state index in [4.69, 9.17) is 28.2 Å². The minimum Gasteiger partial charge on any atom is -0.306 e. The molecule has 0 amide bonds. The van der Waals surface area contributed by atoms with Gasteiger partial charge in [0.25, 0.3) is 5.56 Å². The highest BCUT2D eigenvalue weighted by molar-refractivity contribution is 6.35. The fourth-order valence-corrected chi connectivity index (χ4v) is 4.52. The van der Waals surface area contributed by atoms with E-state index < -0.39 is 0 Å². The van der Waals surface area contributed by atoms with Gasteiger partial charge in [0.2, 0.25) is 0 Å². The fraction of sp³-hybridized carbons (Fsp3) is 0.160. The van der Waals surface area contributed by atoms with Crippen molar-refractivity contribution in [1.82, 2.24) is 19.9 Å². The highest BCUT2D eigenvalue weighted by Gasteiger charge is 2.21. The molecule has 0 aliphatic carbocycles. The maximum atomic E-state index is 12.8. The van der Waals surface area contributed by atoms with Gasteiger partial charge in [0.05, 0.1) is 17.0 Å². The number of halogens is 2. The summed E-state index contributed by atoms with van der Waals surface area (Å²) in [5, 5.41) is 1.17. The van der Waals surface area contributed by atoms with Crippen molar-refractivity contribution in [3.8, 4) is 22.6 Å².